The number of benzene rings is 1. The first-order chi connectivity index (χ1) is 9.91. The molecule has 1 N–H and O–H groups in total. The van der Waals surface area contributed by atoms with Gasteiger partial charge in [-0.1, -0.05) is 45.7 Å². The molecule has 2 heteroatoms. The lowest BCUT2D eigenvalue weighted by Gasteiger charge is -2.47. The highest BCUT2D eigenvalue weighted by Gasteiger charge is 2.45. The topological polar surface area (TPSA) is 33.1 Å². The van der Waals surface area contributed by atoms with E-state index in [1.807, 2.05) is 18.3 Å². The summed E-state index contributed by atoms with van der Waals surface area (Å²) in [4.78, 5) is 4.38. The highest BCUT2D eigenvalue weighted by molar-refractivity contribution is 5.79. The summed E-state index contributed by atoms with van der Waals surface area (Å²) in [5, 5.41) is 12.6. The van der Waals surface area contributed by atoms with Crippen molar-refractivity contribution >= 4 is 10.9 Å². The Morgan fingerprint density at radius 1 is 1.19 bits per heavy atom. The fourth-order valence-corrected chi connectivity index (χ4v) is 4.00. The molecule has 0 amide bonds. The molecule has 21 heavy (non-hydrogen) atoms. The zero-order valence-corrected chi connectivity index (χ0v) is 13.3. The second-order valence-electron chi connectivity index (χ2n) is 7.50. The molecule has 1 fully saturated rings. The third kappa shape index (κ3) is 2.57. The summed E-state index contributed by atoms with van der Waals surface area (Å²) in [6.07, 6.45) is 6.11. The van der Waals surface area contributed by atoms with Gasteiger partial charge in [-0.3, -0.25) is 4.98 Å². The highest BCUT2D eigenvalue weighted by atomic mass is 16.3. The van der Waals surface area contributed by atoms with Crippen molar-refractivity contribution in [1.29, 1.82) is 0 Å². The number of hydrogen-bond acceptors (Lipinski definition) is 2. The molecule has 2 unspecified atom stereocenters. The molecule has 2 atom stereocenters. The minimum Gasteiger partial charge on any atom is -0.385 e. The molecule has 1 aliphatic carbocycles. The number of pyridine rings is 1. The van der Waals surface area contributed by atoms with Crippen molar-refractivity contribution in [3.8, 4) is 0 Å². The molecule has 1 saturated carbocycles. The van der Waals surface area contributed by atoms with Crippen molar-refractivity contribution in [3.05, 3.63) is 42.1 Å². The van der Waals surface area contributed by atoms with Crippen molar-refractivity contribution in [3.63, 3.8) is 0 Å². The molecule has 1 heterocycles. The van der Waals surface area contributed by atoms with Crippen LogP contribution in [0.3, 0.4) is 0 Å². The highest BCUT2D eigenvalue weighted by Crippen LogP contribution is 2.49. The fraction of sp³-hybridized carbons (Fsp3) is 0.526. The number of aliphatic hydroxyl groups is 1. The van der Waals surface area contributed by atoms with E-state index >= 15 is 0 Å². The lowest BCUT2D eigenvalue weighted by atomic mass is 9.61. The summed E-state index contributed by atoms with van der Waals surface area (Å²) in [7, 11) is 0. The van der Waals surface area contributed by atoms with Crippen LogP contribution in [0.1, 0.15) is 52.0 Å². The van der Waals surface area contributed by atoms with Gasteiger partial charge in [-0.2, -0.15) is 0 Å². The number of rotatable bonds is 1. The molecular formula is C19H25NO. The number of nitrogens with zero attached hydrogens (tertiary/aromatic N) is 1. The average Bonchev–Trinajstić information content (AvgIpc) is 2.46. The van der Waals surface area contributed by atoms with Gasteiger partial charge in [-0.15, -0.1) is 0 Å². The lowest BCUT2D eigenvalue weighted by Crippen LogP contribution is -2.44. The second-order valence-corrected chi connectivity index (χ2v) is 7.50. The summed E-state index contributed by atoms with van der Waals surface area (Å²) in [6.45, 7) is 6.74. The third-order valence-electron chi connectivity index (χ3n) is 5.03. The van der Waals surface area contributed by atoms with Crippen LogP contribution in [-0.2, 0) is 5.60 Å². The van der Waals surface area contributed by atoms with E-state index in [1.165, 1.54) is 6.42 Å². The molecule has 1 aliphatic rings. The number of aromatic nitrogens is 1. The monoisotopic (exact) mass is 283 g/mol. The first kappa shape index (κ1) is 14.5. The van der Waals surface area contributed by atoms with Crippen LogP contribution in [-0.4, -0.2) is 10.1 Å². The second kappa shape index (κ2) is 5.10. The molecule has 3 rings (SSSR count). The van der Waals surface area contributed by atoms with Crippen LogP contribution in [0.4, 0.5) is 0 Å². The van der Waals surface area contributed by atoms with Gasteiger partial charge in [0.05, 0.1) is 11.1 Å². The minimum absolute atomic E-state index is 0.110. The van der Waals surface area contributed by atoms with Crippen LogP contribution in [0.25, 0.3) is 10.9 Å². The molecular weight excluding hydrogens is 258 g/mol. The summed E-state index contributed by atoms with van der Waals surface area (Å²) in [6, 6.07) is 10.3. The van der Waals surface area contributed by atoms with Gasteiger partial charge in [0.1, 0.15) is 0 Å². The van der Waals surface area contributed by atoms with E-state index < -0.39 is 5.60 Å². The maximum absolute atomic E-state index is 11.5. The van der Waals surface area contributed by atoms with Gasteiger partial charge in [0.25, 0.3) is 0 Å². The van der Waals surface area contributed by atoms with Gasteiger partial charge in [-0.05, 0) is 47.9 Å². The first-order valence-electron chi connectivity index (χ1n) is 7.99. The molecule has 0 bridgehead atoms. The Balaban J connectivity index is 2.08. The van der Waals surface area contributed by atoms with Gasteiger partial charge in [0.15, 0.2) is 0 Å². The third-order valence-corrected chi connectivity index (χ3v) is 5.03. The summed E-state index contributed by atoms with van der Waals surface area (Å²) in [5.41, 5.74) is 1.45. The molecule has 1 aromatic heterocycles. The Morgan fingerprint density at radius 3 is 2.76 bits per heavy atom. The predicted molar refractivity (Wildman–Crippen MR) is 87.1 cm³/mol. The molecule has 0 saturated heterocycles. The van der Waals surface area contributed by atoms with Gasteiger partial charge in [0.2, 0.25) is 0 Å². The summed E-state index contributed by atoms with van der Waals surface area (Å²) in [5.74, 6) is 0.299. The Bertz CT molecular complexity index is 643. The molecule has 1 aromatic carbocycles. The van der Waals surface area contributed by atoms with Crippen LogP contribution in [0.15, 0.2) is 36.5 Å². The van der Waals surface area contributed by atoms with Crippen LogP contribution in [0.2, 0.25) is 0 Å². The fourth-order valence-electron chi connectivity index (χ4n) is 4.00. The van der Waals surface area contributed by atoms with E-state index in [0.717, 1.165) is 35.7 Å². The molecule has 2 nitrogen and oxygen atoms in total. The van der Waals surface area contributed by atoms with Crippen molar-refractivity contribution < 1.29 is 5.11 Å². The van der Waals surface area contributed by atoms with Crippen LogP contribution in [0, 0.1) is 11.3 Å². The van der Waals surface area contributed by atoms with Crippen molar-refractivity contribution in [2.75, 3.05) is 0 Å². The molecule has 0 radical (unpaired) electrons. The van der Waals surface area contributed by atoms with Gasteiger partial charge in [-0.25, -0.2) is 0 Å². The van der Waals surface area contributed by atoms with Gasteiger partial charge < -0.3 is 5.11 Å². The predicted octanol–water partition coefficient (Wildman–Crippen LogP) is 4.66. The van der Waals surface area contributed by atoms with E-state index in [0.29, 0.717) is 5.92 Å². The van der Waals surface area contributed by atoms with Crippen molar-refractivity contribution in [2.24, 2.45) is 11.3 Å². The smallest absolute Gasteiger partial charge is 0.0929 e. The maximum atomic E-state index is 11.5. The molecule has 0 aliphatic heterocycles. The maximum Gasteiger partial charge on any atom is 0.0929 e. The van der Waals surface area contributed by atoms with Crippen LogP contribution in [0.5, 0.6) is 0 Å². The number of fused-ring (bicyclic) bond motifs is 1. The van der Waals surface area contributed by atoms with E-state index in [1.54, 1.807) is 0 Å². The van der Waals surface area contributed by atoms with Crippen molar-refractivity contribution in [1.82, 2.24) is 4.98 Å². The Hall–Kier alpha value is -1.41. The quantitative estimate of drug-likeness (QED) is 0.825. The van der Waals surface area contributed by atoms with Gasteiger partial charge >= 0.3 is 0 Å². The van der Waals surface area contributed by atoms with E-state index in [9.17, 15) is 5.11 Å². The van der Waals surface area contributed by atoms with Gasteiger partial charge in [0, 0.05) is 11.6 Å². The van der Waals surface area contributed by atoms with Crippen molar-refractivity contribution in [2.45, 2.75) is 52.1 Å². The lowest BCUT2D eigenvalue weighted by molar-refractivity contribution is -0.0958. The normalized spacial score (nSPS) is 27.0. The average molecular weight is 283 g/mol. The molecule has 0 spiro atoms. The first-order valence-corrected chi connectivity index (χ1v) is 7.99. The SMILES string of the molecule is CC(C)(C)C1CCCCC1(O)c1ccc2ncccc2c1. The number of hydrogen-bond donors (Lipinski definition) is 1. The van der Waals surface area contributed by atoms with E-state index in [4.69, 9.17) is 0 Å². The van der Waals surface area contributed by atoms with Crippen LogP contribution < -0.4 is 0 Å². The standard InChI is InChI=1S/C19H25NO/c1-18(2,3)17-8-4-5-11-19(17,21)15-9-10-16-14(13-15)7-6-12-20-16/h6-7,9-10,12-13,17,21H,4-5,8,11H2,1-3H3. The van der Waals surface area contributed by atoms with E-state index in [-0.39, 0.29) is 5.41 Å². The summed E-state index contributed by atoms with van der Waals surface area (Å²) < 4.78 is 0. The Labute approximate surface area is 127 Å². The van der Waals surface area contributed by atoms with E-state index in [2.05, 4.69) is 44.0 Å². The molecule has 2 aromatic rings. The largest absolute Gasteiger partial charge is 0.385 e. The summed E-state index contributed by atoms with van der Waals surface area (Å²) >= 11 is 0. The Morgan fingerprint density at radius 2 is 2.00 bits per heavy atom. The zero-order chi connectivity index (χ0) is 15.1. The molecule has 112 valence electrons. The Kier molecular flexibility index (Phi) is 3.53. The minimum atomic E-state index is -0.708. The van der Waals surface area contributed by atoms with Crippen LogP contribution >= 0.6 is 0 Å². The zero-order valence-electron chi connectivity index (χ0n) is 13.3.